The van der Waals surface area contributed by atoms with Crippen molar-refractivity contribution >= 4 is 29.2 Å². The molecular formula is C26H37ClN2O4. The Morgan fingerprint density at radius 2 is 1.73 bits per heavy atom. The van der Waals surface area contributed by atoms with Crippen molar-refractivity contribution in [2.75, 3.05) is 39.3 Å². The number of hydrogen-bond acceptors (Lipinski definition) is 5. The molecule has 33 heavy (non-hydrogen) atoms. The summed E-state index contributed by atoms with van der Waals surface area (Å²) in [5, 5.41) is 0.684. The van der Waals surface area contributed by atoms with Gasteiger partial charge in [0.05, 0.1) is 6.61 Å². The maximum atomic E-state index is 12.9. The Morgan fingerprint density at radius 3 is 2.30 bits per heavy atom. The lowest BCUT2D eigenvalue weighted by Gasteiger charge is -2.42. The van der Waals surface area contributed by atoms with Crippen molar-refractivity contribution in [1.82, 2.24) is 9.80 Å². The lowest BCUT2D eigenvalue weighted by molar-refractivity contribution is -0.139. The highest BCUT2D eigenvalue weighted by Crippen LogP contribution is 2.44. The number of carbonyl (C=O) groups is 2. The fourth-order valence-electron chi connectivity index (χ4n) is 4.67. The summed E-state index contributed by atoms with van der Waals surface area (Å²) in [4.78, 5) is 29.4. The van der Waals surface area contributed by atoms with Gasteiger partial charge in [-0.2, -0.15) is 0 Å². The van der Waals surface area contributed by atoms with E-state index in [0.717, 1.165) is 49.2 Å². The highest BCUT2D eigenvalue weighted by atomic mass is 35.5. The summed E-state index contributed by atoms with van der Waals surface area (Å²) >= 11 is 6.07. The monoisotopic (exact) mass is 476 g/mol. The first-order chi connectivity index (χ1) is 15.5. The normalized spacial score (nSPS) is 22.3. The van der Waals surface area contributed by atoms with Gasteiger partial charge >= 0.3 is 12.1 Å². The fourth-order valence-corrected chi connectivity index (χ4v) is 4.80. The predicted octanol–water partition coefficient (Wildman–Crippen LogP) is 5.40. The van der Waals surface area contributed by atoms with Gasteiger partial charge in [-0.15, -0.1) is 0 Å². The van der Waals surface area contributed by atoms with E-state index in [0.29, 0.717) is 31.1 Å². The number of ether oxygens (including phenoxy) is 2. The molecule has 1 aliphatic heterocycles. The summed E-state index contributed by atoms with van der Waals surface area (Å²) in [6.07, 6.45) is 2.24. The van der Waals surface area contributed by atoms with E-state index in [1.54, 1.807) is 4.90 Å². The van der Waals surface area contributed by atoms with Crippen molar-refractivity contribution in [3.05, 3.63) is 40.4 Å². The van der Waals surface area contributed by atoms with Crippen LogP contribution in [0.25, 0.3) is 5.57 Å². The van der Waals surface area contributed by atoms with Gasteiger partial charge in [0.1, 0.15) is 5.60 Å². The van der Waals surface area contributed by atoms with Crippen molar-refractivity contribution in [2.45, 2.75) is 59.5 Å². The molecule has 1 aliphatic carbocycles. The number of halogens is 1. The van der Waals surface area contributed by atoms with E-state index in [2.05, 4.69) is 11.8 Å². The molecule has 1 aromatic carbocycles. The number of rotatable bonds is 5. The van der Waals surface area contributed by atoms with Crippen LogP contribution in [0.5, 0.6) is 0 Å². The Labute approximate surface area is 202 Å². The van der Waals surface area contributed by atoms with Crippen LogP contribution < -0.4 is 0 Å². The minimum Gasteiger partial charge on any atom is -0.463 e. The van der Waals surface area contributed by atoms with Gasteiger partial charge in [0.15, 0.2) is 0 Å². The van der Waals surface area contributed by atoms with Crippen LogP contribution in [0.1, 0.15) is 59.4 Å². The number of piperazine rings is 1. The second-order valence-corrected chi connectivity index (χ2v) is 10.9. The maximum Gasteiger partial charge on any atom is 0.410 e. The van der Waals surface area contributed by atoms with Gasteiger partial charge in [-0.3, -0.25) is 4.90 Å². The molecule has 0 spiro atoms. The number of hydrogen-bond donors (Lipinski definition) is 0. The summed E-state index contributed by atoms with van der Waals surface area (Å²) < 4.78 is 10.9. The van der Waals surface area contributed by atoms with Crippen molar-refractivity contribution in [3.8, 4) is 0 Å². The quantitative estimate of drug-likeness (QED) is 0.532. The average molecular weight is 477 g/mol. The first kappa shape index (κ1) is 25.6. The van der Waals surface area contributed by atoms with Crippen LogP contribution in [-0.2, 0) is 14.3 Å². The minimum absolute atomic E-state index is 0.0356. The third kappa shape index (κ3) is 6.97. The van der Waals surface area contributed by atoms with Crippen LogP contribution in [0, 0.1) is 5.41 Å². The summed E-state index contributed by atoms with van der Waals surface area (Å²) in [7, 11) is 0. The van der Waals surface area contributed by atoms with Crippen molar-refractivity contribution in [2.24, 2.45) is 5.41 Å². The van der Waals surface area contributed by atoms with Crippen LogP contribution in [0.4, 0.5) is 4.79 Å². The van der Waals surface area contributed by atoms with Crippen molar-refractivity contribution in [1.29, 1.82) is 0 Å². The first-order valence-electron chi connectivity index (χ1n) is 11.8. The molecule has 1 amide bonds. The van der Waals surface area contributed by atoms with Crippen LogP contribution in [0.3, 0.4) is 0 Å². The minimum atomic E-state index is -0.485. The highest BCUT2D eigenvalue weighted by molar-refractivity contribution is 6.30. The van der Waals surface area contributed by atoms with Gasteiger partial charge < -0.3 is 14.4 Å². The smallest absolute Gasteiger partial charge is 0.410 e. The highest BCUT2D eigenvalue weighted by Gasteiger charge is 2.37. The number of benzene rings is 1. The molecule has 6 nitrogen and oxygen atoms in total. The zero-order valence-corrected chi connectivity index (χ0v) is 21.3. The molecule has 0 saturated carbocycles. The number of allylic oxidation sites excluding steroid dienone is 1. The molecule has 1 unspecified atom stereocenters. The van der Waals surface area contributed by atoms with Crippen molar-refractivity contribution in [3.63, 3.8) is 0 Å². The predicted molar refractivity (Wildman–Crippen MR) is 131 cm³/mol. The largest absolute Gasteiger partial charge is 0.463 e. The molecule has 182 valence electrons. The summed E-state index contributed by atoms with van der Waals surface area (Å²) in [5.74, 6) is -0.219. The lowest BCUT2D eigenvalue weighted by Crippen LogP contribution is -2.52. The Kier molecular flexibility index (Phi) is 8.12. The van der Waals surface area contributed by atoms with E-state index in [4.69, 9.17) is 21.1 Å². The number of carbonyl (C=O) groups excluding carboxylic acids is 2. The first-order valence-corrected chi connectivity index (χ1v) is 12.2. The average Bonchev–Trinajstić information content (AvgIpc) is 2.74. The molecule has 1 fully saturated rings. The second kappa shape index (κ2) is 10.5. The SMILES string of the molecule is CCOC(=O)C1=C(c2ccc(Cl)cc2)CCC(C)(CN2CCN(C(=O)OC(C)(C)C)CC2)C1. The molecule has 1 atom stereocenters. The molecule has 0 radical (unpaired) electrons. The van der Waals surface area contributed by atoms with Crippen molar-refractivity contribution < 1.29 is 19.1 Å². The second-order valence-electron chi connectivity index (χ2n) is 10.4. The Balaban J connectivity index is 1.68. The molecule has 1 aromatic rings. The standard InChI is InChI=1S/C26H37ClN2O4/c1-6-32-23(30)22-17-26(5,12-11-21(22)19-7-9-20(27)10-8-19)18-28-13-15-29(16-14-28)24(31)33-25(2,3)4/h7-10H,6,11-18H2,1-5H3. The molecule has 2 aliphatic rings. The van der Waals surface area contributed by atoms with Crippen LogP contribution in [0.2, 0.25) is 5.02 Å². The molecule has 1 saturated heterocycles. The third-order valence-electron chi connectivity index (χ3n) is 6.29. The molecule has 0 N–H and O–H groups in total. The summed E-state index contributed by atoms with van der Waals surface area (Å²) in [6.45, 7) is 13.9. The van der Waals surface area contributed by atoms with Gasteiger partial charge in [0.2, 0.25) is 0 Å². The Hall–Kier alpha value is -2.05. The van der Waals surface area contributed by atoms with Gasteiger partial charge in [-0.05, 0) is 75.6 Å². The van der Waals surface area contributed by atoms with Gasteiger partial charge in [-0.25, -0.2) is 9.59 Å². The molecular weight excluding hydrogens is 440 g/mol. The van der Waals surface area contributed by atoms with Crippen LogP contribution >= 0.6 is 11.6 Å². The van der Waals surface area contributed by atoms with Crippen LogP contribution in [-0.4, -0.2) is 66.8 Å². The van der Waals surface area contributed by atoms with Gasteiger partial charge in [-0.1, -0.05) is 30.7 Å². The fraction of sp³-hybridized carbons (Fsp3) is 0.615. The van der Waals surface area contributed by atoms with E-state index in [-0.39, 0.29) is 17.5 Å². The number of esters is 1. The molecule has 3 rings (SSSR count). The molecule has 0 bridgehead atoms. The summed E-state index contributed by atoms with van der Waals surface area (Å²) in [6, 6.07) is 7.69. The zero-order chi connectivity index (χ0) is 24.2. The van der Waals surface area contributed by atoms with Gasteiger partial charge in [0, 0.05) is 43.3 Å². The molecule has 1 heterocycles. The van der Waals surface area contributed by atoms with E-state index in [1.807, 2.05) is 52.0 Å². The van der Waals surface area contributed by atoms with Gasteiger partial charge in [0.25, 0.3) is 0 Å². The van der Waals surface area contributed by atoms with E-state index in [9.17, 15) is 9.59 Å². The topological polar surface area (TPSA) is 59.1 Å². The van der Waals surface area contributed by atoms with E-state index < -0.39 is 5.60 Å². The van der Waals surface area contributed by atoms with Crippen LogP contribution in [0.15, 0.2) is 29.8 Å². The van der Waals surface area contributed by atoms with E-state index >= 15 is 0 Å². The summed E-state index contributed by atoms with van der Waals surface area (Å²) in [5.41, 5.74) is 2.36. The lowest BCUT2D eigenvalue weighted by atomic mass is 9.71. The third-order valence-corrected chi connectivity index (χ3v) is 6.54. The maximum absolute atomic E-state index is 12.9. The number of nitrogens with zero attached hydrogens (tertiary/aromatic N) is 2. The molecule has 0 aromatic heterocycles. The number of amides is 1. The van der Waals surface area contributed by atoms with E-state index in [1.165, 1.54) is 0 Å². The Bertz CT molecular complexity index is 883. The zero-order valence-electron chi connectivity index (χ0n) is 20.6. The molecule has 7 heteroatoms. The Morgan fingerprint density at radius 1 is 1.09 bits per heavy atom.